The number of hydrogen-bond acceptors (Lipinski definition) is 2. The van der Waals surface area contributed by atoms with Gasteiger partial charge in [0, 0.05) is 23.9 Å². The van der Waals surface area contributed by atoms with E-state index in [4.69, 9.17) is 0 Å². The number of carbonyl (C=O) groups excluding carboxylic acids is 1. The standard InChI is InChI=1S/C13H12F3NO/c14-13(15,16)10-4-5-17-6-9(10)12(18)11-7-2-1-3-8(7)11/h4-8,11H,1-3H2. The molecule has 1 heterocycles. The fourth-order valence-electron chi connectivity index (χ4n) is 3.23. The Hall–Kier alpha value is -1.39. The van der Waals surface area contributed by atoms with Crippen LogP contribution in [0.3, 0.4) is 0 Å². The third kappa shape index (κ3) is 1.72. The number of ketones is 1. The summed E-state index contributed by atoms with van der Waals surface area (Å²) in [6, 6.07) is 0.880. The molecule has 0 spiro atoms. The minimum Gasteiger partial charge on any atom is -0.294 e. The summed E-state index contributed by atoms with van der Waals surface area (Å²) in [6.45, 7) is 0. The van der Waals surface area contributed by atoms with Gasteiger partial charge in [-0.1, -0.05) is 6.42 Å². The summed E-state index contributed by atoms with van der Waals surface area (Å²) in [4.78, 5) is 15.8. The lowest BCUT2D eigenvalue weighted by Crippen LogP contribution is -2.16. The quantitative estimate of drug-likeness (QED) is 0.759. The van der Waals surface area contributed by atoms with Gasteiger partial charge in [0.1, 0.15) is 0 Å². The normalized spacial score (nSPS) is 30.1. The van der Waals surface area contributed by atoms with Crippen molar-refractivity contribution in [2.45, 2.75) is 25.4 Å². The molecule has 2 fully saturated rings. The van der Waals surface area contributed by atoms with Crippen molar-refractivity contribution in [3.05, 3.63) is 29.6 Å². The lowest BCUT2D eigenvalue weighted by Gasteiger charge is -2.11. The molecule has 2 nitrogen and oxygen atoms in total. The molecule has 0 amide bonds. The van der Waals surface area contributed by atoms with Gasteiger partial charge >= 0.3 is 6.18 Å². The summed E-state index contributed by atoms with van der Waals surface area (Å²) < 4.78 is 38.4. The molecule has 18 heavy (non-hydrogen) atoms. The molecule has 0 aromatic carbocycles. The monoisotopic (exact) mass is 255 g/mol. The smallest absolute Gasteiger partial charge is 0.294 e. The lowest BCUT2D eigenvalue weighted by molar-refractivity contribution is -0.138. The Morgan fingerprint density at radius 3 is 2.56 bits per heavy atom. The highest BCUT2D eigenvalue weighted by atomic mass is 19.4. The van der Waals surface area contributed by atoms with Crippen molar-refractivity contribution in [1.82, 2.24) is 4.98 Å². The van der Waals surface area contributed by atoms with Gasteiger partial charge in [-0.15, -0.1) is 0 Å². The highest BCUT2D eigenvalue weighted by Gasteiger charge is 2.57. The maximum Gasteiger partial charge on any atom is 0.417 e. The van der Waals surface area contributed by atoms with Crippen molar-refractivity contribution < 1.29 is 18.0 Å². The zero-order valence-electron chi connectivity index (χ0n) is 9.57. The minimum atomic E-state index is -4.49. The van der Waals surface area contributed by atoms with E-state index in [9.17, 15) is 18.0 Å². The van der Waals surface area contributed by atoms with Crippen LogP contribution in [-0.2, 0) is 6.18 Å². The van der Waals surface area contributed by atoms with E-state index in [0.29, 0.717) is 11.8 Å². The number of alkyl halides is 3. The van der Waals surface area contributed by atoms with Gasteiger partial charge in [0.05, 0.1) is 5.56 Å². The fraction of sp³-hybridized carbons (Fsp3) is 0.538. The third-order valence-electron chi connectivity index (χ3n) is 4.10. The van der Waals surface area contributed by atoms with Crippen molar-refractivity contribution in [1.29, 1.82) is 0 Å². The van der Waals surface area contributed by atoms with E-state index in [2.05, 4.69) is 4.98 Å². The largest absolute Gasteiger partial charge is 0.417 e. The van der Waals surface area contributed by atoms with Gasteiger partial charge in [-0.3, -0.25) is 9.78 Å². The maximum absolute atomic E-state index is 12.8. The molecule has 2 unspecified atom stereocenters. The molecule has 0 radical (unpaired) electrons. The van der Waals surface area contributed by atoms with E-state index in [-0.39, 0.29) is 17.3 Å². The Labute approximate surface area is 102 Å². The predicted octanol–water partition coefficient (Wildman–Crippen LogP) is 3.33. The Kier molecular flexibility index (Phi) is 2.47. The summed E-state index contributed by atoms with van der Waals surface area (Å²) in [5.41, 5.74) is -1.11. The Morgan fingerprint density at radius 2 is 1.94 bits per heavy atom. The summed E-state index contributed by atoms with van der Waals surface area (Å²) in [5, 5.41) is 0. The van der Waals surface area contributed by atoms with Crippen LogP contribution in [0.5, 0.6) is 0 Å². The number of halogens is 3. The van der Waals surface area contributed by atoms with Gasteiger partial charge in [0.15, 0.2) is 5.78 Å². The van der Waals surface area contributed by atoms with E-state index in [1.165, 1.54) is 0 Å². The molecule has 2 aliphatic rings. The SMILES string of the molecule is O=C(c1cnccc1C(F)(F)F)C1C2CCCC21. The molecule has 1 aromatic rings. The van der Waals surface area contributed by atoms with Crippen LogP contribution in [0.25, 0.3) is 0 Å². The average Bonchev–Trinajstić information content (AvgIpc) is 2.80. The van der Waals surface area contributed by atoms with Gasteiger partial charge in [-0.05, 0) is 30.7 Å². The number of carbonyl (C=O) groups is 1. The average molecular weight is 255 g/mol. The van der Waals surface area contributed by atoms with Crippen molar-refractivity contribution in [2.75, 3.05) is 0 Å². The molecule has 0 aliphatic heterocycles. The van der Waals surface area contributed by atoms with Crippen LogP contribution in [0.4, 0.5) is 13.2 Å². The molecule has 2 aliphatic carbocycles. The second-order valence-corrected chi connectivity index (χ2v) is 5.07. The first-order valence-electron chi connectivity index (χ1n) is 6.05. The molecule has 96 valence electrons. The first-order valence-corrected chi connectivity index (χ1v) is 6.05. The first kappa shape index (κ1) is 11.7. The number of Topliss-reactive ketones (excluding diaryl/α,β-unsaturated/α-hetero) is 1. The molecule has 2 saturated carbocycles. The Bertz CT molecular complexity index is 487. The molecular formula is C13H12F3NO. The zero-order chi connectivity index (χ0) is 12.9. The molecule has 2 atom stereocenters. The van der Waals surface area contributed by atoms with E-state index in [1.807, 2.05) is 0 Å². The van der Waals surface area contributed by atoms with Crippen LogP contribution >= 0.6 is 0 Å². The molecule has 0 bridgehead atoms. The number of rotatable bonds is 2. The third-order valence-corrected chi connectivity index (χ3v) is 4.10. The van der Waals surface area contributed by atoms with Crippen LogP contribution in [0, 0.1) is 17.8 Å². The maximum atomic E-state index is 12.8. The number of pyridine rings is 1. The van der Waals surface area contributed by atoms with E-state index in [0.717, 1.165) is 37.7 Å². The first-order chi connectivity index (χ1) is 8.50. The molecule has 0 N–H and O–H groups in total. The van der Waals surface area contributed by atoms with Gasteiger partial charge < -0.3 is 0 Å². The van der Waals surface area contributed by atoms with Gasteiger partial charge in [-0.25, -0.2) is 0 Å². The number of hydrogen-bond donors (Lipinski definition) is 0. The van der Waals surface area contributed by atoms with Gasteiger partial charge in [0.25, 0.3) is 0 Å². The lowest BCUT2D eigenvalue weighted by atomic mass is 9.98. The zero-order valence-corrected chi connectivity index (χ0v) is 9.57. The van der Waals surface area contributed by atoms with Gasteiger partial charge in [-0.2, -0.15) is 13.2 Å². The van der Waals surface area contributed by atoms with Crippen LogP contribution < -0.4 is 0 Å². The van der Waals surface area contributed by atoms with Crippen molar-refractivity contribution in [2.24, 2.45) is 17.8 Å². The molecule has 3 rings (SSSR count). The van der Waals surface area contributed by atoms with E-state index >= 15 is 0 Å². The molecular weight excluding hydrogens is 243 g/mol. The number of aromatic nitrogens is 1. The second kappa shape index (κ2) is 3.80. The van der Waals surface area contributed by atoms with Crippen molar-refractivity contribution in [3.63, 3.8) is 0 Å². The molecule has 1 aromatic heterocycles. The fourth-order valence-corrected chi connectivity index (χ4v) is 3.23. The van der Waals surface area contributed by atoms with Crippen LogP contribution in [-0.4, -0.2) is 10.8 Å². The van der Waals surface area contributed by atoms with Gasteiger partial charge in [0.2, 0.25) is 0 Å². The Morgan fingerprint density at radius 1 is 1.28 bits per heavy atom. The number of fused-ring (bicyclic) bond motifs is 1. The van der Waals surface area contributed by atoms with Crippen LogP contribution in [0.15, 0.2) is 18.5 Å². The van der Waals surface area contributed by atoms with Crippen LogP contribution in [0.2, 0.25) is 0 Å². The van der Waals surface area contributed by atoms with Crippen molar-refractivity contribution in [3.8, 4) is 0 Å². The summed E-state index contributed by atoms with van der Waals surface area (Å²) >= 11 is 0. The van der Waals surface area contributed by atoms with E-state index < -0.39 is 11.7 Å². The second-order valence-electron chi connectivity index (χ2n) is 5.07. The topological polar surface area (TPSA) is 30.0 Å². The minimum absolute atomic E-state index is 0.191. The van der Waals surface area contributed by atoms with Crippen molar-refractivity contribution >= 4 is 5.78 Å². The Balaban J connectivity index is 1.91. The summed E-state index contributed by atoms with van der Waals surface area (Å²) in [7, 11) is 0. The molecule has 0 saturated heterocycles. The van der Waals surface area contributed by atoms with E-state index in [1.54, 1.807) is 0 Å². The highest BCUT2D eigenvalue weighted by Crippen LogP contribution is 2.58. The summed E-state index contributed by atoms with van der Waals surface area (Å²) in [6.07, 6.45) is 0.689. The highest BCUT2D eigenvalue weighted by molar-refractivity contribution is 6.01. The summed E-state index contributed by atoms with van der Waals surface area (Å²) in [5.74, 6) is 0.0757. The predicted molar refractivity (Wildman–Crippen MR) is 57.9 cm³/mol. The molecule has 5 heteroatoms. The van der Waals surface area contributed by atoms with Crippen LogP contribution in [0.1, 0.15) is 35.2 Å². The number of nitrogens with zero attached hydrogens (tertiary/aromatic N) is 1.